The second-order valence-electron chi connectivity index (χ2n) is 13.7. The molecule has 0 N–H and O–H groups in total. The van der Waals surface area contributed by atoms with E-state index in [0.29, 0.717) is 18.8 Å². The normalized spacial score (nSPS) is 25.1. The lowest BCUT2D eigenvalue weighted by Gasteiger charge is -2.41. The number of hydrogen-bond acceptors (Lipinski definition) is 4. The highest BCUT2D eigenvalue weighted by Gasteiger charge is 2.31. The third-order valence-electron chi connectivity index (χ3n) is 8.02. The number of anilines is 2. The van der Waals surface area contributed by atoms with Crippen molar-refractivity contribution < 1.29 is 13.9 Å². The van der Waals surface area contributed by atoms with Crippen LogP contribution >= 0.6 is 0 Å². The highest BCUT2D eigenvalue weighted by Crippen LogP contribution is 2.32. The van der Waals surface area contributed by atoms with Crippen LogP contribution in [-0.4, -0.2) is 50.6 Å². The molecule has 2 heterocycles. The van der Waals surface area contributed by atoms with E-state index >= 15 is 4.39 Å². The number of rotatable bonds is 5. The zero-order valence-corrected chi connectivity index (χ0v) is 25.1. The summed E-state index contributed by atoms with van der Waals surface area (Å²) >= 11 is 0. The van der Waals surface area contributed by atoms with Crippen molar-refractivity contribution in [3.8, 4) is 0 Å². The number of halogens is 1. The van der Waals surface area contributed by atoms with E-state index in [1.807, 2.05) is 6.07 Å². The van der Waals surface area contributed by atoms with Crippen LogP contribution < -0.4 is 9.80 Å². The van der Waals surface area contributed by atoms with Crippen molar-refractivity contribution in [3.05, 3.63) is 58.9 Å². The van der Waals surface area contributed by atoms with E-state index in [-0.39, 0.29) is 41.1 Å². The van der Waals surface area contributed by atoms with Gasteiger partial charge in [-0.3, -0.25) is 0 Å². The van der Waals surface area contributed by atoms with Gasteiger partial charge in [0.15, 0.2) is 0 Å². The van der Waals surface area contributed by atoms with Crippen molar-refractivity contribution in [1.29, 1.82) is 0 Å². The predicted octanol–water partition coefficient (Wildman–Crippen LogP) is 7.40. The molecule has 2 aliphatic rings. The molecule has 2 saturated heterocycles. The molecule has 0 bridgehead atoms. The topological polar surface area (TPSA) is 24.9 Å². The Hall–Kier alpha value is -2.11. The van der Waals surface area contributed by atoms with Crippen LogP contribution in [0.4, 0.5) is 15.8 Å². The highest BCUT2D eigenvalue weighted by atomic mass is 19.1. The van der Waals surface area contributed by atoms with E-state index in [4.69, 9.17) is 9.47 Å². The summed E-state index contributed by atoms with van der Waals surface area (Å²) in [5.74, 6) is -0.141. The molecule has 38 heavy (non-hydrogen) atoms. The fourth-order valence-corrected chi connectivity index (χ4v) is 5.88. The quantitative estimate of drug-likeness (QED) is 0.407. The molecule has 2 aliphatic heterocycles. The summed E-state index contributed by atoms with van der Waals surface area (Å²) in [6.45, 7) is 22.8. The number of ether oxygens (including phenoxy) is 2. The molecular formula is C33H49FN2O2. The summed E-state index contributed by atoms with van der Waals surface area (Å²) in [5, 5.41) is 0. The second kappa shape index (κ2) is 11.2. The van der Waals surface area contributed by atoms with Gasteiger partial charge in [0, 0.05) is 31.9 Å². The Labute approximate surface area is 230 Å². The first kappa shape index (κ1) is 28.9. The fourth-order valence-electron chi connectivity index (χ4n) is 5.88. The highest BCUT2D eigenvalue weighted by molar-refractivity contribution is 5.56. The Morgan fingerprint density at radius 2 is 1.16 bits per heavy atom. The monoisotopic (exact) mass is 524 g/mol. The minimum atomic E-state index is -0.141. The van der Waals surface area contributed by atoms with Crippen LogP contribution in [0.15, 0.2) is 36.4 Å². The minimum absolute atomic E-state index is 0.0575. The Morgan fingerprint density at radius 3 is 1.61 bits per heavy atom. The van der Waals surface area contributed by atoms with E-state index in [9.17, 15) is 0 Å². The van der Waals surface area contributed by atoms with E-state index in [1.165, 1.54) is 16.8 Å². The van der Waals surface area contributed by atoms with Gasteiger partial charge in [-0.05, 0) is 79.3 Å². The van der Waals surface area contributed by atoms with Crippen LogP contribution in [0.1, 0.15) is 84.9 Å². The molecule has 2 aromatic carbocycles. The van der Waals surface area contributed by atoms with E-state index in [0.717, 1.165) is 31.5 Å². The van der Waals surface area contributed by atoms with Gasteiger partial charge >= 0.3 is 0 Å². The average Bonchev–Trinajstić information content (AvgIpc) is 2.80. The number of nitrogens with zero attached hydrogens (tertiary/aromatic N) is 2. The summed E-state index contributed by atoms with van der Waals surface area (Å²) in [7, 11) is 0. The van der Waals surface area contributed by atoms with Crippen LogP contribution in [0.5, 0.6) is 0 Å². The Morgan fingerprint density at radius 1 is 0.711 bits per heavy atom. The number of hydrogen-bond donors (Lipinski definition) is 0. The fraction of sp³-hybridized carbons (Fsp3) is 0.636. The molecule has 0 spiro atoms. The molecule has 4 nitrogen and oxygen atoms in total. The molecule has 2 fully saturated rings. The van der Waals surface area contributed by atoms with Crippen molar-refractivity contribution in [2.24, 2.45) is 0 Å². The second-order valence-corrected chi connectivity index (χ2v) is 13.7. The van der Waals surface area contributed by atoms with Gasteiger partial charge in [0.2, 0.25) is 0 Å². The molecular weight excluding hydrogens is 475 g/mol. The lowest BCUT2D eigenvalue weighted by Crippen LogP contribution is -2.49. The maximum absolute atomic E-state index is 15.2. The molecule has 4 unspecified atom stereocenters. The smallest absolute Gasteiger partial charge is 0.146 e. The molecule has 0 saturated carbocycles. The van der Waals surface area contributed by atoms with Gasteiger partial charge in [0.05, 0.1) is 30.1 Å². The molecule has 4 atom stereocenters. The van der Waals surface area contributed by atoms with E-state index in [1.54, 1.807) is 6.07 Å². The molecule has 2 aromatic rings. The maximum atomic E-state index is 15.2. The Kier molecular flexibility index (Phi) is 8.49. The van der Waals surface area contributed by atoms with Crippen LogP contribution in [0.3, 0.4) is 0 Å². The van der Waals surface area contributed by atoms with E-state index < -0.39 is 0 Å². The summed E-state index contributed by atoms with van der Waals surface area (Å²) in [5.41, 5.74) is 5.78. The lowest BCUT2D eigenvalue weighted by atomic mass is 9.86. The SMILES string of the molecule is Cc1cc(C(C)(C)C)ccc1N1CC(C)OC(CCC2CN(c3ccc(C(C)(C)C)cc3F)CC(C)O2)C1. The summed E-state index contributed by atoms with van der Waals surface area (Å²) < 4.78 is 27.9. The van der Waals surface area contributed by atoms with Crippen LogP contribution in [0.2, 0.25) is 0 Å². The zero-order valence-electron chi connectivity index (χ0n) is 25.1. The third kappa shape index (κ3) is 6.90. The van der Waals surface area contributed by atoms with Crippen molar-refractivity contribution in [2.75, 3.05) is 36.0 Å². The molecule has 0 radical (unpaired) electrons. The molecule has 4 rings (SSSR count). The van der Waals surface area contributed by atoms with Gasteiger partial charge in [-0.1, -0.05) is 59.7 Å². The number of morpholine rings is 2. The largest absolute Gasteiger partial charge is 0.372 e. The first-order chi connectivity index (χ1) is 17.7. The molecule has 5 heteroatoms. The standard InChI is InChI=1S/C33H49FN2O2/c1-22-16-25(32(4,5)6)10-14-30(22)35-18-23(2)37-27(20-35)12-13-28-21-36(19-24(3)38-28)31-15-11-26(17-29(31)34)33(7,8)9/h10-11,14-17,23-24,27-28H,12-13,18-21H2,1-9H3. The first-order valence-electron chi connectivity index (χ1n) is 14.4. The van der Waals surface area contributed by atoms with Gasteiger partial charge in [-0.15, -0.1) is 0 Å². The summed E-state index contributed by atoms with van der Waals surface area (Å²) in [6, 6.07) is 12.6. The molecule has 0 aromatic heterocycles. The lowest BCUT2D eigenvalue weighted by molar-refractivity contribution is -0.0488. The van der Waals surface area contributed by atoms with Gasteiger partial charge in [0.1, 0.15) is 5.82 Å². The van der Waals surface area contributed by atoms with Crippen LogP contribution in [0.25, 0.3) is 0 Å². The van der Waals surface area contributed by atoms with Gasteiger partial charge in [-0.2, -0.15) is 0 Å². The summed E-state index contributed by atoms with van der Waals surface area (Å²) in [6.07, 6.45) is 2.27. The predicted molar refractivity (Wildman–Crippen MR) is 157 cm³/mol. The van der Waals surface area contributed by atoms with Crippen LogP contribution in [0, 0.1) is 12.7 Å². The average molecular weight is 525 g/mol. The molecule has 0 amide bonds. The Balaban J connectivity index is 1.40. The van der Waals surface area contributed by atoms with Crippen molar-refractivity contribution in [1.82, 2.24) is 0 Å². The minimum Gasteiger partial charge on any atom is -0.372 e. The number of benzene rings is 2. The number of aryl methyl sites for hydroxylation is 1. The Bertz CT molecular complexity index is 1020. The zero-order chi connectivity index (χ0) is 27.8. The van der Waals surface area contributed by atoms with Gasteiger partial charge in [-0.25, -0.2) is 4.39 Å². The first-order valence-corrected chi connectivity index (χ1v) is 14.4. The molecule has 0 aliphatic carbocycles. The van der Waals surface area contributed by atoms with Crippen LogP contribution in [-0.2, 0) is 20.3 Å². The maximum Gasteiger partial charge on any atom is 0.146 e. The summed E-state index contributed by atoms with van der Waals surface area (Å²) in [4.78, 5) is 4.65. The van der Waals surface area contributed by atoms with Gasteiger partial charge in [0.25, 0.3) is 0 Å². The van der Waals surface area contributed by atoms with Crippen molar-refractivity contribution in [2.45, 2.75) is 110 Å². The van der Waals surface area contributed by atoms with Crippen molar-refractivity contribution in [3.63, 3.8) is 0 Å². The third-order valence-corrected chi connectivity index (χ3v) is 8.02. The van der Waals surface area contributed by atoms with Crippen molar-refractivity contribution >= 4 is 11.4 Å². The van der Waals surface area contributed by atoms with E-state index in [2.05, 4.69) is 96.4 Å². The van der Waals surface area contributed by atoms with Gasteiger partial charge < -0.3 is 19.3 Å². The molecule has 210 valence electrons.